The molecule has 2 N–H and O–H groups in total. The van der Waals surface area contributed by atoms with Crippen LogP contribution in [0, 0.1) is 5.92 Å². The molecule has 2 aromatic carbocycles. The lowest BCUT2D eigenvalue weighted by atomic mass is 10.0. The summed E-state index contributed by atoms with van der Waals surface area (Å²) >= 11 is 0. The van der Waals surface area contributed by atoms with Gasteiger partial charge in [-0.3, -0.25) is 9.59 Å². The third-order valence-electron chi connectivity index (χ3n) is 7.62. The molecule has 0 spiro atoms. The molecule has 3 aliphatic rings. The summed E-state index contributed by atoms with van der Waals surface area (Å²) in [4.78, 5) is 28.4. The summed E-state index contributed by atoms with van der Waals surface area (Å²) in [5, 5.41) is 6.30. The van der Waals surface area contributed by atoms with Crippen molar-refractivity contribution >= 4 is 27.3 Å². The molecule has 1 aliphatic heterocycles. The normalized spacial score (nSPS) is 21.0. The van der Waals surface area contributed by atoms with Gasteiger partial charge in [-0.1, -0.05) is 12.1 Å². The van der Waals surface area contributed by atoms with Gasteiger partial charge < -0.3 is 15.5 Å². The minimum atomic E-state index is -3.26. The number of anilines is 1. The number of carbonyl (C=O) groups is 2. The molecular formula is C28H35N3O4S. The highest BCUT2D eigenvalue weighted by atomic mass is 32.2. The fourth-order valence-electron chi connectivity index (χ4n) is 5.06. The minimum Gasteiger partial charge on any atom is -0.329 e. The molecule has 7 nitrogen and oxygen atoms in total. The zero-order chi connectivity index (χ0) is 25.3. The molecule has 0 aromatic heterocycles. The number of hydrogen-bond acceptors (Lipinski definition) is 5. The monoisotopic (exact) mass is 509 g/mol. The van der Waals surface area contributed by atoms with E-state index in [0.29, 0.717) is 22.1 Å². The maximum absolute atomic E-state index is 13.4. The number of nitrogens with zero attached hydrogens (tertiary/aromatic N) is 1. The Balaban J connectivity index is 1.18. The van der Waals surface area contributed by atoms with Gasteiger partial charge in [-0.25, -0.2) is 8.42 Å². The Labute approximate surface area is 213 Å². The molecule has 2 aliphatic carbocycles. The van der Waals surface area contributed by atoms with Crippen molar-refractivity contribution in [1.29, 1.82) is 0 Å². The molecule has 1 saturated heterocycles. The van der Waals surface area contributed by atoms with E-state index in [1.165, 1.54) is 0 Å². The third-order valence-corrected chi connectivity index (χ3v) is 9.53. The molecule has 3 fully saturated rings. The summed E-state index contributed by atoms with van der Waals surface area (Å²) in [6, 6.07) is 13.9. The average molecular weight is 510 g/mol. The van der Waals surface area contributed by atoms with Crippen LogP contribution in [-0.2, 0) is 21.1 Å². The fourth-order valence-corrected chi connectivity index (χ4v) is 6.76. The van der Waals surface area contributed by atoms with Crippen LogP contribution >= 0.6 is 0 Å². The van der Waals surface area contributed by atoms with Crippen LogP contribution in [0.2, 0.25) is 0 Å². The number of carbonyl (C=O) groups excluding carboxylic acids is 2. The molecule has 2 aromatic rings. The second kappa shape index (κ2) is 9.98. The highest BCUT2D eigenvalue weighted by Gasteiger charge is 2.48. The number of sulfone groups is 1. The fraction of sp³-hybridized carbons (Fsp3) is 0.500. The number of rotatable bonds is 9. The van der Waals surface area contributed by atoms with Gasteiger partial charge in [-0.2, -0.15) is 0 Å². The molecule has 192 valence electrons. The van der Waals surface area contributed by atoms with Crippen molar-refractivity contribution in [1.82, 2.24) is 10.2 Å². The molecule has 2 saturated carbocycles. The molecule has 5 rings (SSSR count). The first-order chi connectivity index (χ1) is 17.2. The zero-order valence-electron chi connectivity index (χ0n) is 20.8. The topological polar surface area (TPSA) is 95.6 Å². The van der Waals surface area contributed by atoms with Crippen LogP contribution in [0.1, 0.15) is 61.4 Å². The van der Waals surface area contributed by atoms with E-state index in [1.54, 1.807) is 48.5 Å². The van der Waals surface area contributed by atoms with E-state index in [9.17, 15) is 18.0 Å². The predicted molar refractivity (Wildman–Crippen MR) is 140 cm³/mol. The molecule has 36 heavy (non-hydrogen) atoms. The second-order valence-corrected chi connectivity index (χ2v) is 12.9. The highest BCUT2D eigenvalue weighted by molar-refractivity contribution is 7.91. The van der Waals surface area contributed by atoms with Crippen molar-refractivity contribution in [2.45, 2.75) is 68.3 Å². The zero-order valence-corrected chi connectivity index (χ0v) is 21.6. The van der Waals surface area contributed by atoms with Crippen LogP contribution in [-0.4, -0.2) is 55.6 Å². The Morgan fingerprint density at radius 2 is 1.72 bits per heavy atom. The summed E-state index contributed by atoms with van der Waals surface area (Å²) in [6.07, 6.45) is 6.30. The number of amides is 2. The average Bonchev–Trinajstić information content (AvgIpc) is 3.80. The molecule has 1 unspecified atom stereocenters. The molecule has 2 amide bonds. The quantitative estimate of drug-likeness (QED) is 0.536. The van der Waals surface area contributed by atoms with Gasteiger partial charge in [0.1, 0.15) is 0 Å². The van der Waals surface area contributed by atoms with E-state index < -0.39 is 9.84 Å². The molecular weight excluding hydrogens is 474 g/mol. The van der Waals surface area contributed by atoms with E-state index in [2.05, 4.69) is 22.5 Å². The smallest absolute Gasteiger partial charge is 0.254 e. The van der Waals surface area contributed by atoms with Crippen molar-refractivity contribution in [2.75, 3.05) is 24.2 Å². The van der Waals surface area contributed by atoms with Crippen LogP contribution < -0.4 is 10.6 Å². The Bertz CT molecular complexity index is 1210. The van der Waals surface area contributed by atoms with Crippen LogP contribution in [0.3, 0.4) is 0 Å². The van der Waals surface area contributed by atoms with E-state index in [-0.39, 0.29) is 35.6 Å². The second-order valence-electron chi connectivity index (χ2n) is 10.8. The summed E-state index contributed by atoms with van der Waals surface area (Å²) < 4.78 is 24.8. The van der Waals surface area contributed by atoms with Crippen molar-refractivity contribution in [2.24, 2.45) is 5.92 Å². The van der Waals surface area contributed by atoms with Gasteiger partial charge in [0, 0.05) is 29.4 Å². The maximum atomic E-state index is 13.4. The molecule has 1 heterocycles. The number of piperidine rings is 1. The number of hydrogen-bond donors (Lipinski definition) is 2. The number of nitrogens with one attached hydrogen (secondary N) is 2. The van der Waals surface area contributed by atoms with Gasteiger partial charge in [0.25, 0.3) is 5.91 Å². The summed E-state index contributed by atoms with van der Waals surface area (Å²) in [5.74, 6) is 0.368. The van der Waals surface area contributed by atoms with Gasteiger partial charge >= 0.3 is 0 Å². The maximum Gasteiger partial charge on any atom is 0.254 e. The lowest BCUT2D eigenvalue weighted by molar-refractivity contribution is -0.115. The molecule has 0 bridgehead atoms. The first-order valence-electron chi connectivity index (χ1n) is 13.0. The molecule has 8 heteroatoms. The highest BCUT2D eigenvalue weighted by Crippen LogP contribution is 2.44. The lowest BCUT2D eigenvalue weighted by Crippen LogP contribution is -2.53. The van der Waals surface area contributed by atoms with Crippen LogP contribution in [0.5, 0.6) is 0 Å². The summed E-state index contributed by atoms with van der Waals surface area (Å²) in [5.41, 5.74) is 1.96. The SMILES string of the molecule is CC1(N(C(=O)c2ccc(NC(=O)Cc3ccc(S(=O)(=O)CC4CC4)cc3)cc2)C2CCCNC2)CC1. The summed E-state index contributed by atoms with van der Waals surface area (Å²) in [7, 11) is -3.26. The largest absolute Gasteiger partial charge is 0.329 e. The minimum absolute atomic E-state index is 0.0540. The van der Waals surface area contributed by atoms with Gasteiger partial charge in [0.2, 0.25) is 5.91 Å². The van der Waals surface area contributed by atoms with Gasteiger partial charge in [-0.15, -0.1) is 0 Å². The van der Waals surface area contributed by atoms with E-state index in [0.717, 1.165) is 57.2 Å². The van der Waals surface area contributed by atoms with Crippen LogP contribution in [0.15, 0.2) is 53.4 Å². The molecule has 1 atom stereocenters. The van der Waals surface area contributed by atoms with Crippen molar-refractivity contribution in [3.63, 3.8) is 0 Å². The van der Waals surface area contributed by atoms with Crippen molar-refractivity contribution < 1.29 is 18.0 Å². The predicted octanol–water partition coefficient (Wildman–Crippen LogP) is 3.80. The Kier molecular flexibility index (Phi) is 6.92. The van der Waals surface area contributed by atoms with Crippen molar-refractivity contribution in [3.8, 4) is 0 Å². The Morgan fingerprint density at radius 1 is 1.03 bits per heavy atom. The van der Waals surface area contributed by atoms with Crippen LogP contribution in [0.4, 0.5) is 5.69 Å². The summed E-state index contributed by atoms with van der Waals surface area (Å²) in [6.45, 7) is 4.01. The Morgan fingerprint density at radius 3 is 2.31 bits per heavy atom. The van der Waals surface area contributed by atoms with Crippen LogP contribution in [0.25, 0.3) is 0 Å². The van der Waals surface area contributed by atoms with E-state index in [4.69, 9.17) is 0 Å². The van der Waals surface area contributed by atoms with Gasteiger partial charge in [-0.05, 0) is 99.9 Å². The molecule has 0 radical (unpaired) electrons. The third kappa shape index (κ3) is 5.81. The van der Waals surface area contributed by atoms with E-state index >= 15 is 0 Å². The van der Waals surface area contributed by atoms with Gasteiger partial charge in [0.15, 0.2) is 9.84 Å². The first kappa shape index (κ1) is 25.0. The standard InChI is InChI=1S/C28H35N3O4S/c1-28(14-15-28)31(24-3-2-16-29-18-24)27(33)22-8-10-23(11-9-22)30-26(32)17-20-6-12-25(13-7-20)36(34,35)19-21-4-5-21/h6-13,21,24,29H,2-5,14-19H2,1H3,(H,30,32). The number of benzene rings is 2. The van der Waals surface area contributed by atoms with E-state index in [1.807, 2.05) is 0 Å². The Hall–Kier alpha value is -2.71. The first-order valence-corrected chi connectivity index (χ1v) is 14.6. The van der Waals surface area contributed by atoms with Crippen molar-refractivity contribution in [3.05, 3.63) is 59.7 Å². The lowest BCUT2D eigenvalue weighted by Gasteiger charge is -2.39. The van der Waals surface area contributed by atoms with Gasteiger partial charge in [0.05, 0.1) is 17.1 Å².